The van der Waals surface area contributed by atoms with Gasteiger partial charge in [0.15, 0.2) is 0 Å². The normalized spacial score (nSPS) is 10.9. The van der Waals surface area contributed by atoms with Gasteiger partial charge in [-0.15, -0.1) is 0 Å². The number of carbonyl (C=O) groups is 1. The Morgan fingerprint density at radius 2 is 2.05 bits per heavy atom. The van der Waals surface area contributed by atoms with E-state index in [9.17, 15) is 4.79 Å². The zero-order valence-electron chi connectivity index (χ0n) is 11.7. The average Bonchev–Trinajstić information content (AvgIpc) is 2.92. The molecule has 3 aromatic rings. The monoisotopic (exact) mass is 268 g/mol. The molecule has 1 aromatic carbocycles. The second-order valence-corrected chi connectivity index (χ2v) is 5.03. The molecular weight excluding hydrogens is 252 g/mol. The fraction of sp³-hybridized carbons (Fsp3) is 0.188. The van der Waals surface area contributed by atoms with Crippen molar-refractivity contribution in [3.63, 3.8) is 0 Å². The highest BCUT2D eigenvalue weighted by Gasteiger charge is 2.16. The molecule has 4 heteroatoms. The van der Waals surface area contributed by atoms with Gasteiger partial charge in [0.1, 0.15) is 5.76 Å². The van der Waals surface area contributed by atoms with Gasteiger partial charge in [-0.3, -0.25) is 4.79 Å². The maximum atomic E-state index is 12.4. The molecule has 0 unspecified atom stereocenters. The molecule has 0 saturated carbocycles. The zero-order valence-corrected chi connectivity index (χ0v) is 11.7. The number of anilines is 1. The van der Waals surface area contributed by atoms with Crippen molar-refractivity contribution in [2.24, 2.45) is 0 Å². The molecule has 0 radical (unpaired) electrons. The first-order valence-electron chi connectivity index (χ1n) is 6.50. The number of carbonyl (C=O) groups excluding carboxylic acids is 1. The van der Waals surface area contributed by atoms with Crippen LogP contribution in [-0.2, 0) is 0 Å². The van der Waals surface area contributed by atoms with E-state index in [0.717, 1.165) is 27.8 Å². The number of fused-ring (bicyclic) bond motifs is 1. The fourth-order valence-corrected chi connectivity index (χ4v) is 2.50. The van der Waals surface area contributed by atoms with E-state index >= 15 is 0 Å². The van der Waals surface area contributed by atoms with E-state index in [1.165, 1.54) is 0 Å². The summed E-state index contributed by atoms with van der Waals surface area (Å²) in [5.41, 5.74) is 4.23. The SMILES string of the molecule is Cc1cc2cccc(NC(=O)c3c(C)coc3C)c2[nH]1. The molecule has 0 aliphatic carbocycles. The van der Waals surface area contributed by atoms with Gasteiger partial charge < -0.3 is 14.7 Å². The molecule has 0 saturated heterocycles. The first-order chi connectivity index (χ1) is 9.56. The Balaban J connectivity index is 1.99. The maximum Gasteiger partial charge on any atom is 0.259 e. The van der Waals surface area contributed by atoms with Crippen molar-refractivity contribution in [3.8, 4) is 0 Å². The standard InChI is InChI=1S/C16H16N2O2/c1-9-8-20-11(3)14(9)16(19)18-13-6-4-5-12-7-10(2)17-15(12)13/h4-8,17H,1-3H3,(H,18,19). The Bertz CT molecular complexity index is 777. The van der Waals surface area contributed by atoms with E-state index in [1.807, 2.05) is 32.0 Å². The lowest BCUT2D eigenvalue weighted by Gasteiger charge is -2.06. The number of amides is 1. The van der Waals surface area contributed by atoms with Crippen molar-refractivity contribution in [1.82, 2.24) is 4.98 Å². The van der Waals surface area contributed by atoms with Crippen molar-refractivity contribution in [2.75, 3.05) is 5.32 Å². The summed E-state index contributed by atoms with van der Waals surface area (Å²) in [6, 6.07) is 7.89. The molecule has 2 heterocycles. The van der Waals surface area contributed by atoms with E-state index in [-0.39, 0.29) is 5.91 Å². The minimum atomic E-state index is -0.145. The highest BCUT2D eigenvalue weighted by Crippen LogP contribution is 2.25. The van der Waals surface area contributed by atoms with E-state index in [1.54, 1.807) is 13.2 Å². The molecule has 0 spiro atoms. The minimum absolute atomic E-state index is 0.145. The van der Waals surface area contributed by atoms with E-state index < -0.39 is 0 Å². The lowest BCUT2D eigenvalue weighted by molar-refractivity contribution is 0.102. The van der Waals surface area contributed by atoms with Gasteiger partial charge in [-0.1, -0.05) is 12.1 Å². The lowest BCUT2D eigenvalue weighted by Crippen LogP contribution is -2.13. The van der Waals surface area contributed by atoms with Crippen LogP contribution in [0, 0.1) is 20.8 Å². The summed E-state index contributed by atoms with van der Waals surface area (Å²) >= 11 is 0. The van der Waals surface area contributed by atoms with Gasteiger partial charge in [0, 0.05) is 16.6 Å². The summed E-state index contributed by atoms with van der Waals surface area (Å²) in [6.45, 7) is 5.65. The second-order valence-electron chi connectivity index (χ2n) is 5.03. The van der Waals surface area contributed by atoms with Crippen LogP contribution in [-0.4, -0.2) is 10.9 Å². The second kappa shape index (κ2) is 4.56. The van der Waals surface area contributed by atoms with Gasteiger partial charge in [-0.25, -0.2) is 0 Å². The number of H-pyrrole nitrogens is 1. The number of aromatic amines is 1. The third kappa shape index (κ3) is 1.99. The summed E-state index contributed by atoms with van der Waals surface area (Å²) < 4.78 is 5.28. The Morgan fingerprint density at radius 1 is 1.25 bits per heavy atom. The molecule has 0 bridgehead atoms. The molecule has 1 amide bonds. The van der Waals surface area contributed by atoms with Crippen LogP contribution < -0.4 is 5.32 Å². The topological polar surface area (TPSA) is 58.0 Å². The number of hydrogen-bond donors (Lipinski definition) is 2. The highest BCUT2D eigenvalue weighted by atomic mass is 16.3. The molecular formula is C16H16N2O2. The van der Waals surface area contributed by atoms with Crippen LogP contribution in [0.2, 0.25) is 0 Å². The van der Waals surface area contributed by atoms with Gasteiger partial charge in [0.25, 0.3) is 5.91 Å². The summed E-state index contributed by atoms with van der Waals surface area (Å²) in [6.07, 6.45) is 1.60. The van der Waals surface area contributed by atoms with Crippen LogP contribution in [0.15, 0.2) is 34.9 Å². The molecule has 0 aliphatic rings. The first kappa shape index (κ1) is 12.5. The van der Waals surface area contributed by atoms with Crippen LogP contribution >= 0.6 is 0 Å². The molecule has 4 nitrogen and oxygen atoms in total. The third-order valence-corrected chi connectivity index (χ3v) is 3.43. The minimum Gasteiger partial charge on any atom is -0.469 e. The number of hydrogen-bond acceptors (Lipinski definition) is 2. The van der Waals surface area contributed by atoms with Gasteiger partial charge in [0.2, 0.25) is 0 Å². The number of aromatic nitrogens is 1. The number of aryl methyl sites for hydroxylation is 3. The molecule has 2 aromatic heterocycles. The number of nitrogens with one attached hydrogen (secondary N) is 2. The largest absolute Gasteiger partial charge is 0.469 e. The Kier molecular flexibility index (Phi) is 2.86. The van der Waals surface area contributed by atoms with Crippen molar-refractivity contribution in [2.45, 2.75) is 20.8 Å². The Labute approximate surface area is 116 Å². The Morgan fingerprint density at radius 3 is 2.75 bits per heavy atom. The van der Waals surface area contributed by atoms with Gasteiger partial charge in [-0.2, -0.15) is 0 Å². The summed E-state index contributed by atoms with van der Waals surface area (Å²) in [4.78, 5) is 15.7. The molecule has 0 fully saturated rings. The van der Waals surface area contributed by atoms with Crippen molar-refractivity contribution < 1.29 is 9.21 Å². The first-order valence-corrected chi connectivity index (χ1v) is 6.50. The molecule has 102 valence electrons. The predicted molar refractivity (Wildman–Crippen MR) is 79.2 cm³/mol. The van der Waals surface area contributed by atoms with Crippen LogP contribution in [0.5, 0.6) is 0 Å². The van der Waals surface area contributed by atoms with Gasteiger partial charge in [-0.05, 0) is 32.9 Å². The summed E-state index contributed by atoms with van der Waals surface area (Å²) in [5.74, 6) is 0.489. The fourth-order valence-electron chi connectivity index (χ4n) is 2.50. The van der Waals surface area contributed by atoms with Crippen molar-refractivity contribution in [3.05, 3.63) is 53.1 Å². The van der Waals surface area contributed by atoms with Crippen molar-refractivity contribution >= 4 is 22.5 Å². The van der Waals surface area contributed by atoms with Crippen LogP contribution in [0.1, 0.15) is 27.4 Å². The Hall–Kier alpha value is -2.49. The summed E-state index contributed by atoms with van der Waals surface area (Å²) in [7, 11) is 0. The molecule has 0 atom stereocenters. The van der Waals surface area contributed by atoms with Crippen LogP contribution in [0.25, 0.3) is 10.9 Å². The van der Waals surface area contributed by atoms with Crippen molar-refractivity contribution in [1.29, 1.82) is 0 Å². The van der Waals surface area contributed by atoms with Gasteiger partial charge >= 0.3 is 0 Å². The lowest BCUT2D eigenvalue weighted by atomic mass is 10.1. The van der Waals surface area contributed by atoms with E-state index in [4.69, 9.17) is 4.42 Å². The van der Waals surface area contributed by atoms with Crippen LogP contribution in [0.3, 0.4) is 0 Å². The van der Waals surface area contributed by atoms with E-state index in [2.05, 4.69) is 16.4 Å². The smallest absolute Gasteiger partial charge is 0.259 e. The number of benzene rings is 1. The molecule has 20 heavy (non-hydrogen) atoms. The quantitative estimate of drug-likeness (QED) is 0.739. The highest BCUT2D eigenvalue weighted by molar-refractivity contribution is 6.09. The summed E-state index contributed by atoms with van der Waals surface area (Å²) in [5, 5.41) is 4.04. The number of furan rings is 1. The van der Waals surface area contributed by atoms with Gasteiger partial charge in [0.05, 0.1) is 23.0 Å². The number of para-hydroxylation sites is 1. The van der Waals surface area contributed by atoms with E-state index in [0.29, 0.717) is 11.3 Å². The number of rotatable bonds is 2. The third-order valence-electron chi connectivity index (χ3n) is 3.43. The predicted octanol–water partition coefficient (Wildman–Crippen LogP) is 3.94. The van der Waals surface area contributed by atoms with Crippen LogP contribution in [0.4, 0.5) is 5.69 Å². The maximum absolute atomic E-state index is 12.4. The molecule has 0 aliphatic heterocycles. The molecule has 2 N–H and O–H groups in total. The zero-order chi connectivity index (χ0) is 14.3. The molecule has 3 rings (SSSR count). The average molecular weight is 268 g/mol.